The molecule has 0 atom stereocenters. The van der Waals surface area contributed by atoms with Gasteiger partial charge in [0.25, 0.3) is 5.56 Å². The van der Waals surface area contributed by atoms with Crippen LogP contribution < -0.4 is 15.0 Å². The highest BCUT2D eigenvalue weighted by atomic mass is 79.9. The number of hydrogen-bond acceptors (Lipinski definition) is 5. The molecule has 0 aliphatic heterocycles. The minimum Gasteiger partial charge on any atom is -0.493 e. The molecule has 1 aliphatic carbocycles. The largest absolute Gasteiger partial charge is 0.493 e. The zero-order valence-corrected chi connectivity index (χ0v) is 24.6. The molecule has 8 heteroatoms. The van der Waals surface area contributed by atoms with Crippen LogP contribution in [-0.4, -0.2) is 23.0 Å². The van der Waals surface area contributed by atoms with E-state index in [2.05, 4.69) is 50.9 Å². The molecule has 38 heavy (non-hydrogen) atoms. The highest BCUT2D eigenvalue weighted by molar-refractivity contribution is 9.10. The van der Waals surface area contributed by atoms with Crippen molar-refractivity contribution in [3.63, 3.8) is 0 Å². The van der Waals surface area contributed by atoms with Crippen molar-refractivity contribution in [2.45, 2.75) is 51.6 Å². The number of fused-ring (bicyclic) bond motifs is 1. The first-order valence-corrected chi connectivity index (χ1v) is 14.3. The molecule has 1 fully saturated rings. The maximum Gasteiger partial charge on any atom is 0.282 e. The summed E-state index contributed by atoms with van der Waals surface area (Å²) in [7, 11) is 1.61. The molecule has 5 rings (SSSR count). The predicted octanol–water partition coefficient (Wildman–Crippen LogP) is 7.75. The van der Waals surface area contributed by atoms with E-state index in [0.29, 0.717) is 40.4 Å². The van der Waals surface area contributed by atoms with E-state index in [4.69, 9.17) is 19.6 Å². The van der Waals surface area contributed by atoms with E-state index in [1.807, 2.05) is 36.4 Å². The second-order valence-corrected chi connectivity index (χ2v) is 11.5. The lowest BCUT2D eigenvalue weighted by Crippen LogP contribution is -2.25. The highest BCUT2D eigenvalue weighted by Gasteiger charge is 2.23. The Morgan fingerprint density at radius 1 is 1.03 bits per heavy atom. The van der Waals surface area contributed by atoms with Gasteiger partial charge in [0.15, 0.2) is 11.5 Å². The zero-order chi connectivity index (χ0) is 26.6. The molecule has 4 aromatic rings. The lowest BCUT2D eigenvalue weighted by molar-refractivity contribution is 0.284. The summed E-state index contributed by atoms with van der Waals surface area (Å²) in [6, 6.07) is 17.6. The smallest absolute Gasteiger partial charge is 0.282 e. The molecule has 0 radical (unpaired) electrons. The summed E-state index contributed by atoms with van der Waals surface area (Å²) in [5.41, 5.74) is 3.44. The molecule has 6 nitrogen and oxygen atoms in total. The third-order valence-electron chi connectivity index (χ3n) is 6.89. The fourth-order valence-electron chi connectivity index (χ4n) is 4.85. The Labute approximate surface area is 239 Å². The van der Waals surface area contributed by atoms with Gasteiger partial charge in [0.1, 0.15) is 12.4 Å². The average Bonchev–Trinajstić information content (AvgIpc) is 2.93. The molecule has 1 heterocycles. The van der Waals surface area contributed by atoms with E-state index in [-0.39, 0.29) is 11.5 Å². The van der Waals surface area contributed by atoms with E-state index in [0.717, 1.165) is 40.2 Å². The van der Waals surface area contributed by atoms with Crippen LogP contribution in [0.5, 0.6) is 11.5 Å². The molecule has 0 amide bonds. The Morgan fingerprint density at radius 2 is 1.79 bits per heavy atom. The number of ether oxygens (including phenoxy) is 2. The molecule has 0 spiro atoms. The van der Waals surface area contributed by atoms with Crippen LogP contribution in [0.2, 0.25) is 0 Å². The van der Waals surface area contributed by atoms with Crippen LogP contribution in [0, 0.1) is 6.92 Å². The van der Waals surface area contributed by atoms with E-state index < -0.39 is 0 Å². The van der Waals surface area contributed by atoms with Crippen molar-refractivity contribution in [1.29, 1.82) is 0 Å². The summed E-state index contributed by atoms with van der Waals surface area (Å²) in [6.45, 7) is 2.43. The Kier molecular flexibility index (Phi) is 8.29. The second-order valence-electron chi connectivity index (χ2n) is 9.63. The van der Waals surface area contributed by atoms with Crippen LogP contribution in [0.25, 0.3) is 10.9 Å². The van der Waals surface area contributed by atoms with Crippen molar-refractivity contribution in [1.82, 2.24) is 9.66 Å². The van der Waals surface area contributed by atoms with Crippen LogP contribution in [0.15, 0.2) is 73.4 Å². The van der Waals surface area contributed by atoms with Crippen LogP contribution >= 0.6 is 31.9 Å². The van der Waals surface area contributed by atoms with Crippen LogP contribution in [0.3, 0.4) is 0 Å². The molecule has 0 N–H and O–H groups in total. The highest BCUT2D eigenvalue weighted by Crippen LogP contribution is 2.35. The van der Waals surface area contributed by atoms with Gasteiger partial charge in [-0.15, -0.1) is 0 Å². The number of benzene rings is 3. The Morgan fingerprint density at radius 3 is 2.53 bits per heavy atom. The molecule has 0 unspecified atom stereocenters. The first-order valence-electron chi connectivity index (χ1n) is 12.8. The topological polar surface area (TPSA) is 65.7 Å². The van der Waals surface area contributed by atoms with E-state index >= 15 is 0 Å². The van der Waals surface area contributed by atoms with Gasteiger partial charge >= 0.3 is 0 Å². The first-order chi connectivity index (χ1) is 18.4. The molecule has 196 valence electrons. The van der Waals surface area contributed by atoms with Crippen molar-refractivity contribution >= 4 is 49.0 Å². The summed E-state index contributed by atoms with van der Waals surface area (Å²) >= 11 is 7.05. The summed E-state index contributed by atoms with van der Waals surface area (Å²) in [6.07, 6.45) is 7.13. The maximum absolute atomic E-state index is 13.7. The van der Waals surface area contributed by atoms with Gasteiger partial charge in [-0.3, -0.25) is 4.79 Å². The van der Waals surface area contributed by atoms with Crippen LogP contribution in [0.4, 0.5) is 0 Å². The predicted molar refractivity (Wildman–Crippen MR) is 159 cm³/mol. The molecule has 0 bridgehead atoms. The molecule has 1 aliphatic rings. The van der Waals surface area contributed by atoms with Gasteiger partial charge in [-0.25, -0.2) is 4.98 Å². The van der Waals surface area contributed by atoms with Gasteiger partial charge in [0.05, 0.1) is 24.2 Å². The summed E-state index contributed by atoms with van der Waals surface area (Å²) in [5.74, 6) is 2.04. The van der Waals surface area contributed by atoms with E-state index in [9.17, 15) is 4.79 Å². The molecule has 1 aromatic heterocycles. The third kappa shape index (κ3) is 5.86. The number of halogens is 2. The SMILES string of the molecule is COc1cc(Br)cc(C=Nn2c(C3CCCCC3)nc3ccc(Br)cc3c2=O)c1OCc1ccc(C)cc1. The normalized spacial score (nSPS) is 14.3. The van der Waals surface area contributed by atoms with Crippen molar-refractivity contribution in [2.24, 2.45) is 5.10 Å². The second kappa shape index (κ2) is 11.8. The molecular weight excluding hydrogens is 610 g/mol. The minimum absolute atomic E-state index is 0.183. The molecule has 3 aromatic carbocycles. The van der Waals surface area contributed by atoms with E-state index in [1.165, 1.54) is 16.7 Å². The van der Waals surface area contributed by atoms with E-state index in [1.54, 1.807) is 19.4 Å². The van der Waals surface area contributed by atoms with Gasteiger partial charge in [0, 0.05) is 20.4 Å². The fourth-order valence-corrected chi connectivity index (χ4v) is 5.67. The van der Waals surface area contributed by atoms with Gasteiger partial charge in [-0.05, 0) is 55.7 Å². The lowest BCUT2D eigenvalue weighted by Gasteiger charge is -2.23. The standard InChI is InChI=1S/C30H29Br2N3O3/c1-19-8-10-20(11-9-19)18-38-28-22(14-24(32)16-27(28)37-2)17-33-35-29(21-6-4-3-5-7-21)34-26-13-12-23(31)15-25(26)30(35)36/h8-17,21H,3-7,18H2,1-2H3. The molecular formula is C30H29Br2N3O3. The summed E-state index contributed by atoms with van der Waals surface area (Å²) < 4.78 is 15.0. The fraction of sp³-hybridized carbons (Fsp3) is 0.300. The van der Waals surface area contributed by atoms with Crippen molar-refractivity contribution < 1.29 is 9.47 Å². The number of nitrogens with zero attached hydrogens (tertiary/aromatic N) is 3. The van der Waals surface area contributed by atoms with Gasteiger partial charge in [-0.2, -0.15) is 9.78 Å². The maximum atomic E-state index is 13.7. The molecule has 1 saturated carbocycles. The van der Waals surface area contributed by atoms with Gasteiger partial charge in [0.2, 0.25) is 0 Å². The number of hydrogen-bond donors (Lipinski definition) is 0. The number of aromatic nitrogens is 2. The Balaban J connectivity index is 1.58. The monoisotopic (exact) mass is 637 g/mol. The zero-order valence-electron chi connectivity index (χ0n) is 21.4. The molecule has 0 saturated heterocycles. The number of methoxy groups -OCH3 is 1. The quantitative estimate of drug-likeness (QED) is 0.194. The number of aryl methyl sites for hydroxylation is 1. The summed E-state index contributed by atoms with van der Waals surface area (Å²) in [5, 5.41) is 5.25. The van der Waals surface area contributed by atoms with Crippen LogP contribution in [-0.2, 0) is 6.61 Å². The number of rotatable bonds is 7. The van der Waals surface area contributed by atoms with Crippen LogP contribution in [0.1, 0.15) is 60.5 Å². The first kappa shape index (κ1) is 26.6. The lowest BCUT2D eigenvalue weighted by atomic mass is 9.88. The van der Waals surface area contributed by atoms with Gasteiger partial charge < -0.3 is 9.47 Å². The summed E-state index contributed by atoms with van der Waals surface area (Å²) in [4.78, 5) is 18.6. The Bertz CT molecular complexity index is 1540. The van der Waals surface area contributed by atoms with Crippen molar-refractivity contribution in [3.05, 3.63) is 96.4 Å². The van der Waals surface area contributed by atoms with Crippen molar-refractivity contribution in [2.75, 3.05) is 7.11 Å². The third-order valence-corrected chi connectivity index (χ3v) is 7.84. The Hall–Kier alpha value is -2.97. The van der Waals surface area contributed by atoms with Gasteiger partial charge in [-0.1, -0.05) is 81.0 Å². The minimum atomic E-state index is -0.183. The van der Waals surface area contributed by atoms with Crippen molar-refractivity contribution in [3.8, 4) is 11.5 Å². The average molecular weight is 639 g/mol.